The SMILES string of the molecule is Cc1cc(C)c(NC(=O)Cc2csc(-c3cccc(Br)c3)n2)c(C)c1. The van der Waals surface area contributed by atoms with Crippen molar-refractivity contribution in [1.29, 1.82) is 0 Å². The maximum absolute atomic E-state index is 12.4. The van der Waals surface area contributed by atoms with Gasteiger partial charge in [-0.3, -0.25) is 4.79 Å². The number of thiazole rings is 1. The second-order valence-corrected chi connectivity index (χ2v) is 7.93. The Labute approximate surface area is 160 Å². The van der Waals surface area contributed by atoms with E-state index in [-0.39, 0.29) is 12.3 Å². The molecule has 0 bridgehead atoms. The van der Waals surface area contributed by atoms with Crippen LogP contribution in [-0.2, 0) is 11.2 Å². The highest BCUT2D eigenvalue weighted by Crippen LogP contribution is 2.27. The molecule has 0 aliphatic rings. The molecule has 0 spiro atoms. The average Bonchev–Trinajstić information content (AvgIpc) is 2.99. The molecule has 3 nitrogen and oxygen atoms in total. The van der Waals surface area contributed by atoms with Crippen molar-refractivity contribution in [2.24, 2.45) is 0 Å². The molecule has 0 unspecified atom stereocenters. The first kappa shape index (κ1) is 17.8. The Morgan fingerprint density at radius 1 is 1.16 bits per heavy atom. The molecule has 1 N–H and O–H groups in total. The number of amides is 1. The number of nitrogens with zero attached hydrogens (tertiary/aromatic N) is 1. The molecule has 25 heavy (non-hydrogen) atoms. The number of hydrogen-bond donors (Lipinski definition) is 1. The highest BCUT2D eigenvalue weighted by molar-refractivity contribution is 9.10. The molecule has 0 aliphatic carbocycles. The number of nitrogens with one attached hydrogen (secondary N) is 1. The Bertz CT molecular complexity index is 910. The minimum atomic E-state index is -0.0406. The lowest BCUT2D eigenvalue weighted by Crippen LogP contribution is -2.16. The Balaban J connectivity index is 1.72. The molecule has 0 aliphatic heterocycles. The van der Waals surface area contributed by atoms with E-state index in [9.17, 15) is 4.79 Å². The zero-order valence-electron chi connectivity index (χ0n) is 14.4. The Kier molecular flexibility index (Phi) is 5.35. The van der Waals surface area contributed by atoms with Gasteiger partial charge in [-0.2, -0.15) is 0 Å². The lowest BCUT2D eigenvalue weighted by atomic mass is 10.0. The van der Waals surface area contributed by atoms with E-state index >= 15 is 0 Å². The molecular weight excluding hydrogens is 396 g/mol. The number of aryl methyl sites for hydroxylation is 3. The molecule has 0 saturated carbocycles. The number of hydrogen-bond acceptors (Lipinski definition) is 3. The van der Waals surface area contributed by atoms with Gasteiger partial charge in [-0.15, -0.1) is 11.3 Å². The largest absolute Gasteiger partial charge is 0.325 e. The number of carbonyl (C=O) groups excluding carboxylic acids is 1. The van der Waals surface area contributed by atoms with E-state index in [1.54, 1.807) is 11.3 Å². The summed E-state index contributed by atoms with van der Waals surface area (Å²) >= 11 is 5.03. The number of carbonyl (C=O) groups is 1. The van der Waals surface area contributed by atoms with Crippen LogP contribution in [0, 0.1) is 20.8 Å². The van der Waals surface area contributed by atoms with Gasteiger partial charge in [0.2, 0.25) is 5.91 Å². The molecule has 5 heteroatoms. The number of anilines is 1. The van der Waals surface area contributed by atoms with E-state index in [2.05, 4.69) is 45.3 Å². The van der Waals surface area contributed by atoms with Gasteiger partial charge in [0, 0.05) is 21.1 Å². The van der Waals surface area contributed by atoms with Crippen molar-refractivity contribution in [2.75, 3.05) is 5.32 Å². The number of aromatic nitrogens is 1. The first-order valence-electron chi connectivity index (χ1n) is 8.00. The molecule has 3 rings (SSSR count). The predicted molar refractivity (Wildman–Crippen MR) is 108 cm³/mol. The summed E-state index contributed by atoms with van der Waals surface area (Å²) in [5.41, 5.74) is 6.11. The minimum Gasteiger partial charge on any atom is -0.325 e. The van der Waals surface area contributed by atoms with Crippen molar-refractivity contribution in [1.82, 2.24) is 4.98 Å². The van der Waals surface area contributed by atoms with E-state index in [1.807, 2.05) is 43.5 Å². The van der Waals surface area contributed by atoms with Gasteiger partial charge in [0.15, 0.2) is 0 Å². The summed E-state index contributed by atoms with van der Waals surface area (Å²) < 4.78 is 1.02. The molecule has 1 heterocycles. The Morgan fingerprint density at radius 3 is 2.56 bits per heavy atom. The molecule has 3 aromatic rings. The summed E-state index contributed by atoms with van der Waals surface area (Å²) in [7, 11) is 0. The first-order valence-corrected chi connectivity index (χ1v) is 9.67. The fraction of sp³-hybridized carbons (Fsp3) is 0.200. The smallest absolute Gasteiger partial charge is 0.230 e. The van der Waals surface area contributed by atoms with Crippen molar-refractivity contribution in [3.05, 3.63) is 68.6 Å². The van der Waals surface area contributed by atoms with Crippen LogP contribution in [0.4, 0.5) is 5.69 Å². The summed E-state index contributed by atoms with van der Waals surface area (Å²) in [6.45, 7) is 6.10. The normalized spacial score (nSPS) is 10.7. The molecular formula is C20H19BrN2OS. The molecule has 0 radical (unpaired) electrons. The molecule has 0 fully saturated rings. The van der Waals surface area contributed by atoms with Crippen LogP contribution in [0.1, 0.15) is 22.4 Å². The molecule has 2 aromatic carbocycles. The third kappa shape index (κ3) is 4.35. The zero-order chi connectivity index (χ0) is 18.0. The third-order valence-corrected chi connectivity index (χ3v) is 5.34. The highest BCUT2D eigenvalue weighted by Gasteiger charge is 2.12. The maximum Gasteiger partial charge on any atom is 0.230 e. The predicted octanol–water partition coefficient (Wildman–Crippen LogP) is 5.68. The summed E-state index contributed by atoms with van der Waals surface area (Å²) in [6, 6.07) is 12.2. The lowest BCUT2D eigenvalue weighted by molar-refractivity contribution is -0.115. The number of rotatable bonds is 4. The topological polar surface area (TPSA) is 42.0 Å². The van der Waals surface area contributed by atoms with Crippen LogP contribution in [-0.4, -0.2) is 10.9 Å². The summed E-state index contributed by atoms with van der Waals surface area (Å²) in [5, 5.41) is 5.90. The van der Waals surface area contributed by atoms with Crippen LogP contribution in [0.25, 0.3) is 10.6 Å². The van der Waals surface area contributed by atoms with Gasteiger partial charge in [0.05, 0.1) is 12.1 Å². The van der Waals surface area contributed by atoms with Crippen LogP contribution >= 0.6 is 27.3 Å². The van der Waals surface area contributed by atoms with Gasteiger partial charge < -0.3 is 5.32 Å². The molecule has 1 aromatic heterocycles. The lowest BCUT2D eigenvalue weighted by Gasteiger charge is -2.12. The van der Waals surface area contributed by atoms with E-state index < -0.39 is 0 Å². The molecule has 0 atom stereocenters. The van der Waals surface area contributed by atoms with Crippen molar-refractivity contribution in [3.8, 4) is 10.6 Å². The quantitative estimate of drug-likeness (QED) is 0.596. The fourth-order valence-electron chi connectivity index (χ4n) is 2.87. The summed E-state index contributed by atoms with van der Waals surface area (Å²) in [6.07, 6.45) is 0.275. The first-order chi connectivity index (χ1) is 11.9. The van der Waals surface area contributed by atoms with E-state index in [0.717, 1.165) is 37.6 Å². The second-order valence-electron chi connectivity index (χ2n) is 6.15. The second kappa shape index (κ2) is 7.50. The average molecular weight is 415 g/mol. The number of benzene rings is 2. The maximum atomic E-state index is 12.4. The van der Waals surface area contributed by atoms with Crippen LogP contribution in [0.3, 0.4) is 0 Å². The minimum absolute atomic E-state index is 0.0406. The summed E-state index contributed by atoms with van der Waals surface area (Å²) in [4.78, 5) is 17.0. The van der Waals surface area contributed by atoms with Crippen molar-refractivity contribution in [2.45, 2.75) is 27.2 Å². The van der Waals surface area contributed by atoms with Crippen molar-refractivity contribution in [3.63, 3.8) is 0 Å². The van der Waals surface area contributed by atoms with Crippen molar-refractivity contribution >= 4 is 38.9 Å². The highest BCUT2D eigenvalue weighted by atomic mass is 79.9. The Morgan fingerprint density at radius 2 is 1.88 bits per heavy atom. The Hall–Kier alpha value is -1.98. The van der Waals surface area contributed by atoms with Crippen LogP contribution in [0.15, 0.2) is 46.3 Å². The molecule has 128 valence electrons. The van der Waals surface area contributed by atoms with Gasteiger partial charge in [-0.1, -0.05) is 45.8 Å². The van der Waals surface area contributed by atoms with E-state index in [1.165, 1.54) is 5.56 Å². The van der Waals surface area contributed by atoms with E-state index in [4.69, 9.17) is 0 Å². The van der Waals surface area contributed by atoms with Gasteiger partial charge in [0.25, 0.3) is 0 Å². The van der Waals surface area contributed by atoms with Crippen LogP contribution in [0.5, 0.6) is 0 Å². The zero-order valence-corrected chi connectivity index (χ0v) is 16.8. The van der Waals surface area contributed by atoms with Crippen LogP contribution in [0.2, 0.25) is 0 Å². The van der Waals surface area contributed by atoms with Gasteiger partial charge in [-0.05, 0) is 44.0 Å². The van der Waals surface area contributed by atoms with Crippen molar-refractivity contribution < 1.29 is 4.79 Å². The van der Waals surface area contributed by atoms with Gasteiger partial charge in [0.1, 0.15) is 5.01 Å². The van der Waals surface area contributed by atoms with E-state index in [0.29, 0.717) is 0 Å². The number of halogens is 1. The summed E-state index contributed by atoms with van der Waals surface area (Å²) in [5.74, 6) is -0.0406. The van der Waals surface area contributed by atoms with Gasteiger partial charge >= 0.3 is 0 Å². The standard InChI is InChI=1S/C20H19BrN2OS/c1-12-7-13(2)19(14(3)8-12)23-18(24)10-17-11-25-20(22-17)15-5-4-6-16(21)9-15/h4-9,11H,10H2,1-3H3,(H,23,24). The van der Waals surface area contributed by atoms with Crippen LogP contribution < -0.4 is 5.32 Å². The molecule has 1 amide bonds. The molecule has 0 saturated heterocycles. The van der Waals surface area contributed by atoms with Gasteiger partial charge in [-0.25, -0.2) is 4.98 Å². The third-order valence-electron chi connectivity index (χ3n) is 3.91. The fourth-order valence-corrected chi connectivity index (χ4v) is 4.08. The monoisotopic (exact) mass is 414 g/mol.